The van der Waals surface area contributed by atoms with Gasteiger partial charge in [0.2, 0.25) is 0 Å². The van der Waals surface area contributed by atoms with E-state index >= 15 is 0 Å². The van der Waals surface area contributed by atoms with Crippen LogP contribution in [0.5, 0.6) is 0 Å². The average Bonchev–Trinajstić information content (AvgIpc) is 3.25. The molecule has 3 amide bonds. The van der Waals surface area contributed by atoms with E-state index in [1.165, 1.54) is 17.7 Å². The highest BCUT2D eigenvalue weighted by Gasteiger charge is 2.27. The molecule has 2 saturated heterocycles. The minimum Gasteiger partial charge on any atom is -0.450 e. The second-order valence-electron chi connectivity index (χ2n) is 8.06. The predicted octanol–water partition coefficient (Wildman–Crippen LogP) is 3.44. The highest BCUT2D eigenvalue weighted by atomic mass is 32.1. The Kier molecular flexibility index (Phi) is 8.18. The van der Waals surface area contributed by atoms with E-state index in [0.717, 1.165) is 31.8 Å². The van der Waals surface area contributed by atoms with Crippen molar-refractivity contribution >= 4 is 23.5 Å². The zero-order valence-electron chi connectivity index (χ0n) is 17.6. The van der Waals surface area contributed by atoms with Gasteiger partial charge in [0.05, 0.1) is 12.6 Å². The second kappa shape index (κ2) is 10.8. The summed E-state index contributed by atoms with van der Waals surface area (Å²) in [5, 5.41) is 8.27. The smallest absolute Gasteiger partial charge is 0.409 e. The molecule has 0 spiro atoms. The number of ether oxygens (including phenoxy) is 1. The molecule has 2 aliphatic rings. The molecule has 0 bridgehead atoms. The molecule has 2 aliphatic heterocycles. The minimum atomic E-state index is -0.259. The monoisotopic (exact) mass is 422 g/mol. The summed E-state index contributed by atoms with van der Waals surface area (Å²) in [4.78, 5) is 29.8. The molecular formula is C21H34N4O3S. The number of rotatable bonds is 6. The van der Waals surface area contributed by atoms with Gasteiger partial charge in [0.25, 0.3) is 0 Å². The van der Waals surface area contributed by atoms with E-state index in [2.05, 4.69) is 40.0 Å². The predicted molar refractivity (Wildman–Crippen MR) is 115 cm³/mol. The summed E-state index contributed by atoms with van der Waals surface area (Å²) in [6.45, 7) is 8.53. The molecule has 1 unspecified atom stereocenters. The molecule has 1 aromatic rings. The first-order valence-electron chi connectivity index (χ1n) is 10.8. The van der Waals surface area contributed by atoms with Crippen LogP contribution in [0.2, 0.25) is 0 Å². The molecule has 1 aromatic heterocycles. The van der Waals surface area contributed by atoms with Gasteiger partial charge in [0, 0.05) is 30.6 Å². The van der Waals surface area contributed by atoms with E-state index < -0.39 is 0 Å². The van der Waals surface area contributed by atoms with Gasteiger partial charge >= 0.3 is 12.1 Å². The van der Waals surface area contributed by atoms with Gasteiger partial charge < -0.3 is 20.3 Å². The summed E-state index contributed by atoms with van der Waals surface area (Å²) >= 11 is 1.76. The van der Waals surface area contributed by atoms with Gasteiger partial charge in [0.1, 0.15) is 0 Å². The molecule has 0 aliphatic carbocycles. The number of piperidine rings is 2. The van der Waals surface area contributed by atoms with Crippen LogP contribution in [-0.2, 0) is 4.74 Å². The first-order chi connectivity index (χ1) is 14.1. The van der Waals surface area contributed by atoms with Crippen LogP contribution in [0.25, 0.3) is 0 Å². The van der Waals surface area contributed by atoms with E-state index in [-0.39, 0.29) is 24.2 Å². The van der Waals surface area contributed by atoms with E-state index in [1.54, 1.807) is 16.2 Å². The molecular weight excluding hydrogens is 388 g/mol. The maximum atomic E-state index is 12.5. The van der Waals surface area contributed by atoms with E-state index in [0.29, 0.717) is 26.2 Å². The summed E-state index contributed by atoms with van der Waals surface area (Å²) in [5.41, 5.74) is 0. The summed E-state index contributed by atoms with van der Waals surface area (Å²) in [6.07, 6.45) is 3.68. The van der Waals surface area contributed by atoms with Crippen LogP contribution in [0.3, 0.4) is 0 Å². The maximum Gasteiger partial charge on any atom is 0.409 e. The van der Waals surface area contributed by atoms with Gasteiger partial charge in [-0.15, -0.1) is 11.3 Å². The van der Waals surface area contributed by atoms with Gasteiger partial charge in [0.15, 0.2) is 0 Å². The largest absolute Gasteiger partial charge is 0.450 e. The van der Waals surface area contributed by atoms with Gasteiger partial charge in [-0.2, -0.15) is 0 Å². The quantitative estimate of drug-likeness (QED) is 0.737. The lowest BCUT2D eigenvalue weighted by molar-refractivity contribution is 0.0956. The van der Waals surface area contributed by atoms with Crippen molar-refractivity contribution in [1.82, 2.24) is 20.4 Å². The number of carbonyl (C=O) groups excluding carboxylic acids is 2. The summed E-state index contributed by atoms with van der Waals surface area (Å²) in [6, 6.07) is 4.46. The molecule has 8 heteroatoms. The molecule has 3 rings (SSSR count). The SMILES string of the molecule is CCOC(=O)N1CCC(NC(=O)NCC(c2cccs2)N2CCC(C)CC2)CC1. The van der Waals surface area contributed by atoms with Crippen molar-refractivity contribution < 1.29 is 14.3 Å². The van der Waals surface area contributed by atoms with Gasteiger partial charge in [-0.3, -0.25) is 4.90 Å². The van der Waals surface area contributed by atoms with Gasteiger partial charge in [-0.05, 0) is 63.1 Å². The number of hydrogen-bond acceptors (Lipinski definition) is 5. The Bertz CT molecular complexity index is 638. The first-order valence-corrected chi connectivity index (χ1v) is 11.7. The maximum absolute atomic E-state index is 12.5. The van der Waals surface area contributed by atoms with Crippen molar-refractivity contribution in [2.45, 2.75) is 51.6 Å². The van der Waals surface area contributed by atoms with Crippen LogP contribution in [0.1, 0.15) is 50.4 Å². The van der Waals surface area contributed by atoms with E-state index in [9.17, 15) is 9.59 Å². The molecule has 29 heavy (non-hydrogen) atoms. The Morgan fingerprint density at radius 1 is 1.21 bits per heavy atom. The van der Waals surface area contributed by atoms with Crippen molar-refractivity contribution in [3.63, 3.8) is 0 Å². The third-order valence-electron chi connectivity index (χ3n) is 5.94. The summed E-state index contributed by atoms with van der Waals surface area (Å²) < 4.78 is 5.05. The lowest BCUT2D eigenvalue weighted by Gasteiger charge is -2.36. The fourth-order valence-electron chi connectivity index (χ4n) is 4.08. The van der Waals surface area contributed by atoms with E-state index in [4.69, 9.17) is 4.74 Å². The van der Waals surface area contributed by atoms with Crippen LogP contribution in [-0.4, -0.2) is 67.3 Å². The fourth-order valence-corrected chi connectivity index (χ4v) is 4.94. The summed E-state index contributed by atoms with van der Waals surface area (Å²) in [7, 11) is 0. The number of urea groups is 1. The minimum absolute atomic E-state index is 0.0942. The lowest BCUT2D eigenvalue weighted by Crippen LogP contribution is -2.50. The highest BCUT2D eigenvalue weighted by molar-refractivity contribution is 7.10. The lowest BCUT2D eigenvalue weighted by atomic mass is 9.97. The number of hydrogen-bond donors (Lipinski definition) is 2. The van der Waals surface area contributed by atoms with Crippen molar-refractivity contribution in [2.24, 2.45) is 5.92 Å². The Morgan fingerprint density at radius 3 is 2.55 bits per heavy atom. The Morgan fingerprint density at radius 2 is 1.93 bits per heavy atom. The Hall–Kier alpha value is -1.80. The van der Waals surface area contributed by atoms with Gasteiger partial charge in [-0.25, -0.2) is 9.59 Å². The molecule has 0 saturated carbocycles. The molecule has 0 aromatic carbocycles. The average molecular weight is 423 g/mol. The van der Waals surface area contributed by atoms with Crippen LogP contribution in [0, 0.1) is 5.92 Å². The first kappa shape index (κ1) is 21.9. The van der Waals surface area contributed by atoms with Gasteiger partial charge in [-0.1, -0.05) is 13.0 Å². The highest BCUT2D eigenvalue weighted by Crippen LogP contribution is 2.29. The standard InChI is InChI=1S/C21H34N4O3S/c1-3-28-21(27)25-12-8-17(9-13-25)23-20(26)22-15-18(19-5-4-14-29-19)24-10-6-16(2)7-11-24/h4-5,14,16-18H,3,6-13,15H2,1-2H3,(H2,22,23,26). The topological polar surface area (TPSA) is 73.9 Å². The van der Waals surface area contributed by atoms with Crippen molar-refractivity contribution in [1.29, 1.82) is 0 Å². The normalized spacial score (nSPS) is 20.3. The Labute approximate surface area is 177 Å². The second-order valence-corrected chi connectivity index (χ2v) is 9.04. The number of carbonyl (C=O) groups is 2. The number of likely N-dealkylation sites (tertiary alicyclic amines) is 2. The Balaban J connectivity index is 1.45. The fraction of sp³-hybridized carbons (Fsp3) is 0.714. The molecule has 2 N–H and O–H groups in total. The molecule has 3 heterocycles. The molecule has 7 nitrogen and oxygen atoms in total. The third kappa shape index (κ3) is 6.34. The molecule has 162 valence electrons. The number of nitrogens with one attached hydrogen (secondary N) is 2. The third-order valence-corrected chi connectivity index (χ3v) is 6.92. The molecule has 2 fully saturated rings. The molecule has 1 atom stereocenters. The number of nitrogens with zero attached hydrogens (tertiary/aromatic N) is 2. The van der Waals surface area contributed by atoms with Crippen LogP contribution in [0.15, 0.2) is 17.5 Å². The van der Waals surface area contributed by atoms with Crippen LogP contribution < -0.4 is 10.6 Å². The zero-order chi connectivity index (χ0) is 20.6. The van der Waals surface area contributed by atoms with Crippen LogP contribution in [0.4, 0.5) is 9.59 Å². The van der Waals surface area contributed by atoms with Crippen LogP contribution >= 0.6 is 11.3 Å². The van der Waals surface area contributed by atoms with Crippen molar-refractivity contribution in [3.05, 3.63) is 22.4 Å². The molecule has 0 radical (unpaired) electrons. The number of amides is 3. The summed E-state index contributed by atoms with van der Waals surface area (Å²) in [5.74, 6) is 0.784. The zero-order valence-corrected chi connectivity index (χ0v) is 18.4. The van der Waals surface area contributed by atoms with Crippen molar-refractivity contribution in [3.8, 4) is 0 Å². The number of thiophene rings is 1. The van der Waals surface area contributed by atoms with E-state index in [1.807, 2.05) is 6.92 Å². The van der Waals surface area contributed by atoms with Crippen molar-refractivity contribution in [2.75, 3.05) is 39.3 Å².